The highest BCUT2D eigenvalue weighted by molar-refractivity contribution is 5.91. The lowest BCUT2D eigenvalue weighted by molar-refractivity contribution is -0.124. The van der Waals surface area contributed by atoms with Crippen molar-refractivity contribution in [2.24, 2.45) is 11.3 Å². The van der Waals surface area contributed by atoms with Crippen LogP contribution in [-0.2, 0) is 4.79 Å². The number of Topliss-reactive ketones (excluding diaryl/α,β-unsaturated/α-hetero) is 1. The number of nitrogens with zero attached hydrogens (tertiary/aromatic N) is 4. The Morgan fingerprint density at radius 3 is 2.54 bits per heavy atom. The summed E-state index contributed by atoms with van der Waals surface area (Å²) in [7, 11) is 1.53. The predicted octanol–water partition coefficient (Wildman–Crippen LogP) is 2.82. The zero-order valence-electron chi connectivity index (χ0n) is 15.4. The van der Waals surface area contributed by atoms with E-state index in [2.05, 4.69) is 18.2 Å². The summed E-state index contributed by atoms with van der Waals surface area (Å²) in [5.41, 5.74) is -0.408. The van der Waals surface area contributed by atoms with Crippen LogP contribution in [0, 0.1) is 45.3 Å². The number of carbonyl (C=O) groups is 1. The van der Waals surface area contributed by atoms with Crippen LogP contribution in [0.15, 0.2) is 48.2 Å². The molecule has 0 bridgehead atoms. The van der Waals surface area contributed by atoms with Crippen molar-refractivity contribution in [1.82, 2.24) is 4.90 Å². The number of rotatable bonds is 4. The van der Waals surface area contributed by atoms with Crippen molar-refractivity contribution in [3.05, 3.63) is 53.8 Å². The zero-order valence-corrected chi connectivity index (χ0v) is 15.4. The molecule has 0 amide bonds. The van der Waals surface area contributed by atoms with Gasteiger partial charge in [-0.25, -0.2) is 0 Å². The Balaban J connectivity index is 1.96. The minimum Gasteiger partial charge on any atom is -0.496 e. The quantitative estimate of drug-likeness (QED) is 0.808. The van der Waals surface area contributed by atoms with Crippen LogP contribution in [-0.4, -0.2) is 29.9 Å². The Morgan fingerprint density at radius 2 is 1.93 bits per heavy atom. The van der Waals surface area contributed by atoms with Gasteiger partial charge < -0.3 is 9.64 Å². The van der Waals surface area contributed by atoms with E-state index in [0.29, 0.717) is 16.9 Å². The molecule has 0 unspecified atom stereocenters. The third-order valence-electron chi connectivity index (χ3n) is 5.91. The van der Waals surface area contributed by atoms with Crippen molar-refractivity contribution in [2.75, 3.05) is 7.11 Å². The van der Waals surface area contributed by atoms with Gasteiger partial charge in [-0.05, 0) is 25.0 Å². The molecule has 3 atom stereocenters. The Labute approximate surface area is 163 Å². The maximum Gasteiger partial charge on any atom is 0.176 e. The van der Waals surface area contributed by atoms with Crippen LogP contribution in [0.25, 0.3) is 0 Å². The van der Waals surface area contributed by atoms with E-state index in [0.717, 1.165) is 12.8 Å². The van der Waals surface area contributed by atoms with Gasteiger partial charge in [0.05, 0.1) is 36.9 Å². The first-order chi connectivity index (χ1) is 13.6. The van der Waals surface area contributed by atoms with E-state index in [1.165, 1.54) is 7.11 Å². The fourth-order valence-electron chi connectivity index (χ4n) is 4.45. The molecule has 1 aromatic carbocycles. The van der Waals surface area contributed by atoms with E-state index in [9.17, 15) is 20.6 Å². The van der Waals surface area contributed by atoms with Crippen LogP contribution in [0.4, 0.5) is 0 Å². The molecule has 6 nitrogen and oxygen atoms in total. The van der Waals surface area contributed by atoms with Gasteiger partial charge in [-0.15, -0.1) is 0 Å². The number of fused-ring (bicyclic) bond motifs is 1. The second-order valence-electron chi connectivity index (χ2n) is 7.38. The fraction of sp³-hybridized carbons (Fsp3) is 0.364. The molecule has 1 saturated carbocycles. The average Bonchev–Trinajstić information content (AvgIpc) is 3.55. The summed E-state index contributed by atoms with van der Waals surface area (Å²) in [6.45, 7) is 0. The minimum absolute atomic E-state index is 0.0251. The molecule has 1 aliphatic carbocycles. The molecule has 2 aliphatic heterocycles. The lowest BCUT2D eigenvalue weighted by Gasteiger charge is -2.30. The number of benzene rings is 1. The van der Waals surface area contributed by atoms with E-state index < -0.39 is 23.4 Å². The van der Waals surface area contributed by atoms with E-state index in [1.54, 1.807) is 29.3 Å². The predicted molar refractivity (Wildman–Crippen MR) is 99.4 cm³/mol. The highest BCUT2D eigenvalue weighted by Crippen LogP contribution is 2.55. The van der Waals surface area contributed by atoms with E-state index in [1.807, 2.05) is 18.2 Å². The first-order valence-corrected chi connectivity index (χ1v) is 9.18. The second kappa shape index (κ2) is 6.55. The number of ketones is 1. The molecule has 2 heterocycles. The zero-order chi connectivity index (χ0) is 19.9. The van der Waals surface area contributed by atoms with Gasteiger partial charge in [0.25, 0.3) is 0 Å². The van der Waals surface area contributed by atoms with Gasteiger partial charge in [-0.3, -0.25) is 4.79 Å². The molecule has 0 spiro atoms. The Hall–Kier alpha value is -3.56. The molecule has 3 aliphatic rings. The van der Waals surface area contributed by atoms with Crippen molar-refractivity contribution >= 4 is 5.78 Å². The third kappa shape index (κ3) is 2.41. The van der Waals surface area contributed by atoms with Gasteiger partial charge in [-0.1, -0.05) is 24.3 Å². The van der Waals surface area contributed by atoms with Crippen molar-refractivity contribution in [3.63, 3.8) is 0 Å². The number of hydrogen-bond acceptors (Lipinski definition) is 6. The summed E-state index contributed by atoms with van der Waals surface area (Å²) in [4.78, 5) is 15.1. The van der Waals surface area contributed by atoms with Gasteiger partial charge in [0.1, 0.15) is 11.8 Å². The van der Waals surface area contributed by atoms with Gasteiger partial charge in [0.2, 0.25) is 0 Å². The van der Waals surface area contributed by atoms with Crippen LogP contribution in [0.1, 0.15) is 24.3 Å². The molecule has 0 aromatic heterocycles. The number of carbonyl (C=O) groups excluding carboxylic acids is 1. The highest BCUT2D eigenvalue weighted by Gasteiger charge is 2.63. The molecule has 1 saturated heterocycles. The average molecular weight is 370 g/mol. The largest absolute Gasteiger partial charge is 0.496 e. The molecule has 28 heavy (non-hydrogen) atoms. The summed E-state index contributed by atoms with van der Waals surface area (Å²) >= 11 is 0. The lowest BCUT2D eigenvalue weighted by Crippen LogP contribution is -2.40. The summed E-state index contributed by atoms with van der Waals surface area (Å²) in [5.74, 6) is -0.169. The second-order valence-corrected chi connectivity index (χ2v) is 7.38. The van der Waals surface area contributed by atoms with Gasteiger partial charge in [0.15, 0.2) is 11.2 Å². The lowest BCUT2D eigenvalue weighted by atomic mass is 9.69. The van der Waals surface area contributed by atoms with Gasteiger partial charge in [-0.2, -0.15) is 15.8 Å². The molecular formula is C22H18N4O2. The molecule has 6 heteroatoms. The number of hydrogen-bond donors (Lipinski definition) is 0. The molecule has 1 aromatic rings. The van der Waals surface area contributed by atoms with Gasteiger partial charge >= 0.3 is 0 Å². The first-order valence-electron chi connectivity index (χ1n) is 9.18. The van der Waals surface area contributed by atoms with Crippen molar-refractivity contribution < 1.29 is 9.53 Å². The summed E-state index contributed by atoms with van der Waals surface area (Å²) in [6.07, 6.45) is 6.59. The maximum atomic E-state index is 13.3. The molecular weight excluding hydrogens is 352 g/mol. The monoisotopic (exact) mass is 370 g/mol. The van der Waals surface area contributed by atoms with E-state index >= 15 is 0 Å². The van der Waals surface area contributed by atoms with E-state index in [4.69, 9.17) is 4.74 Å². The number of ether oxygens (including phenoxy) is 1. The molecule has 2 fully saturated rings. The summed E-state index contributed by atoms with van der Waals surface area (Å²) in [5, 5.41) is 29.6. The minimum atomic E-state index is -1.47. The SMILES string of the molecule is COc1ccccc1[C@@H]1[C@H](C(=O)C2CC2)N2C=C(C#N)C=C[C@H]2C1(C#N)C#N. The van der Waals surface area contributed by atoms with Crippen LogP contribution in [0.3, 0.4) is 0 Å². The number of nitriles is 3. The van der Waals surface area contributed by atoms with E-state index in [-0.39, 0.29) is 11.7 Å². The molecule has 0 N–H and O–H groups in total. The normalized spacial score (nSPS) is 27.0. The standard InChI is InChI=1S/C22H18N4O2/c1-28-17-5-3-2-4-16(17)19-20(21(27)15-7-8-15)26-11-14(10-23)6-9-18(26)22(19,12-24)13-25/h2-6,9,11,15,18-20H,7-8H2,1H3/t18-,19+,20+/m0/s1. The van der Waals surface area contributed by atoms with Gasteiger partial charge in [0, 0.05) is 23.6 Å². The van der Waals surface area contributed by atoms with Crippen LogP contribution < -0.4 is 4.74 Å². The van der Waals surface area contributed by atoms with Crippen LogP contribution >= 0.6 is 0 Å². The Kier molecular flexibility index (Phi) is 4.17. The highest BCUT2D eigenvalue weighted by atomic mass is 16.5. The molecule has 138 valence electrons. The van der Waals surface area contributed by atoms with Crippen molar-refractivity contribution in [2.45, 2.75) is 30.8 Å². The fourth-order valence-corrected chi connectivity index (χ4v) is 4.45. The number of para-hydroxylation sites is 1. The first kappa shape index (κ1) is 17.8. The number of methoxy groups -OCH3 is 1. The number of allylic oxidation sites excluding steroid dienone is 2. The third-order valence-corrected chi connectivity index (χ3v) is 5.91. The summed E-state index contributed by atoms with van der Waals surface area (Å²) < 4.78 is 5.51. The summed E-state index contributed by atoms with van der Waals surface area (Å²) in [6, 6.07) is 12.5. The molecule has 0 radical (unpaired) electrons. The van der Waals surface area contributed by atoms with Crippen molar-refractivity contribution in [1.29, 1.82) is 15.8 Å². The topological polar surface area (TPSA) is 101 Å². The van der Waals surface area contributed by atoms with Crippen molar-refractivity contribution in [3.8, 4) is 24.0 Å². The Morgan fingerprint density at radius 1 is 1.21 bits per heavy atom. The van der Waals surface area contributed by atoms with Crippen LogP contribution in [0.2, 0.25) is 0 Å². The smallest absolute Gasteiger partial charge is 0.176 e. The Bertz CT molecular complexity index is 1000. The molecule has 4 rings (SSSR count). The maximum absolute atomic E-state index is 13.3. The van der Waals surface area contributed by atoms with Crippen LogP contribution in [0.5, 0.6) is 5.75 Å².